The van der Waals surface area contributed by atoms with E-state index in [4.69, 9.17) is 9.84 Å². The molecule has 0 aliphatic rings. The minimum atomic E-state index is -0.835. The first-order chi connectivity index (χ1) is 10.5. The fourth-order valence-electron chi connectivity index (χ4n) is 2.61. The Morgan fingerprint density at radius 2 is 1.77 bits per heavy atom. The van der Waals surface area contributed by atoms with Crippen molar-refractivity contribution in [1.82, 2.24) is 0 Å². The van der Waals surface area contributed by atoms with Gasteiger partial charge >= 0.3 is 5.97 Å². The van der Waals surface area contributed by atoms with Gasteiger partial charge in [-0.1, -0.05) is 36.4 Å². The lowest BCUT2D eigenvalue weighted by Crippen LogP contribution is -2.14. The van der Waals surface area contributed by atoms with Crippen molar-refractivity contribution in [3.63, 3.8) is 0 Å². The number of nitrogens with zero attached hydrogens (tertiary/aromatic N) is 1. The molecule has 0 saturated heterocycles. The van der Waals surface area contributed by atoms with Crippen LogP contribution in [0.4, 0.5) is 5.69 Å². The van der Waals surface area contributed by atoms with Gasteiger partial charge in [0.1, 0.15) is 5.75 Å². The maximum atomic E-state index is 11.1. The molecule has 0 radical (unpaired) electrons. The number of para-hydroxylation sites is 2. The summed E-state index contributed by atoms with van der Waals surface area (Å²) in [4.78, 5) is 13.1. The molecule has 1 N–H and O–H groups in total. The SMILES string of the molecule is CCOc1ccccc1-c1cccc(CC(=O)O)c1N(C)C. The first kappa shape index (κ1) is 15.9. The second kappa shape index (κ2) is 6.98. The summed E-state index contributed by atoms with van der Waals surface area (Å²) in [5.41, 5.74) is 3.66. The molecule has 0 spiro atoms. The Kier molecular flexibility index (Phi) is 5.04. The molecule has 0 aliphatic carbocycles. The summed E-state index contributed by atoms with van der Waals surface area (Å²) in [5, 5.41) is 9.13. The summed E-state index contributed by atoms with van der Waals surface area (Å²) in [6, 6.07) is 13.6. The Bertz CT molecular complexity index is 665. The van der Waals surface area contributed by atoms with Gasteiger partial charge in [-0.3, -0.25) is 4.79 Å². The van der Waals surface area contributed by atoms with Crippen LogP contribution in [0.5, 0.6) is 5.75 Å². The Morgan fingerprint density at radius 3 is 2.41 bits per heavy atom. The fraction of sp³-hybridized carbons (Fsp3) is 0.278. The molecule has 0 atom stereocenters. The van der Waals surface area contributed by atoms with Gasteiger partial charge in [-0.2, -0.15) is 0 Å². The number of hydrogen-bond acceptors (Lipinski definition) is 3. The molecule has 0 amide bonds. The molecular weight excluding hydrogens is 278 g/mol. The zero-order valence-corrected chi connectivity index (χ0v) is 13.2. The third-order valence-corrected chi connectivity index (χ3v) is 3.39. The van der Waals surface area contributed by atoms with Crippen molar-refractivity contribution in [3.8, 4) is 16.9 Å². The molecule has 0 saturated carbocycles. The van der Waals surface area contributed by atoms with Gasteiger partial charge in [0.25, 0.3) is 0 Å². The number of hydrogen-bond donors (Lipinski definition) is 1. The molecule has 0 aromatic heterocycles. The molecule has 4 heteroatoms. The van der Waals surface area contributed by atoms with E-state index in [-0.39, 0.29) is 6.42 Å². The van der Waals surface area contributed by atoms with E-state index >= 15 is 0 Å². The van der Waals surface area contributed by atoms with Crippen molar-refractivity contribution in [2.45, 2.75) is 13.3 Å². The molecule has 22 heavy (non-hydrogen) atoms. The van der Waals surface area contributed by atoms with Crippen molar-refractivity contribution in [2.24, 2.45) is 0 Å². The Labute approximate surface area is 131 Å². The van der Waals surface area contributed by atoms with Gasteiger partial charge < -0.3 is 14.7 Å². The number of aliphatic carboxylic acids is 1. The summed E-state index contributed by atoms with van der Waals surface area (Å²) in [7, 11) is 3.85. The van der Waals surface area contributed by atoms with Crippen molar-refractivity contribution in [3.05, 3.63) is 48.0 Å². The molecule has 4 nitrogen and oxygen atoms in total. The molecule has 0 bridgehead atoms. The smallest absolute Gasteiger partial charge is 0.307 e. The van der Waals surface area contributed by atoms with E-state index in [0.717, 1.165) is 28.1 Å². The molecule has 0 aliphatic heterocycles. The number of benzene rings is 2. The molecular formula is C18H21NO3. The highest BCUT2D eigenvalue weighted by Crippen LogP contribution is 2.38. The lowest BCUT2D eigenvalue weighted by Gasteiger charge is -2.22. The van der Waals surface area contributed by atoms with Crippen LogP contribution in [0.15, 0.2) is 42.5 Å². The number of carbonyl (C=O) groups is 1. The van der Waals surface area contributed by atoms with Crippen LogP contribution in [0, 0.1) is 0 Å². The van der Waals surface area contributed by atoms with Crippen molar-refractivity contribution >= 4 is 11.7 Å². The molecule has 0 unspecified atom stereocenters. The number of anilines is 1. The summed E-state index contributed by atoms with van der Waals surface area (Å²) in [6.07, 6.45) is -0.00183. The van der Waals surface area contributed by atoms with Crippen molar-refractivity contribution < 1.29 is 14.6 Å². The Balaban J connectivity index is 2.62. The summed E-state index contributed by atoms with van der Waals surface area (Å²) in [6.45, 7) is 2.54. The van der Waals surface area contributed by atoms with Crippen LogP contribution in [-0.4, -0.2) is 31.8 Å². The number of carboxylic acid groups (broad SMARTS) is 1. The first-order valence-electron chi connectivity index (χ1n) is 7.27. The maximum absolute atomic E-state index is 11.1. The van der Waals surface area contributed by atoms with Crippen LogP contribution in [0.2, 0.25) is 0 Å². The molecule has 116 valence electrons. The van der Waals surface area contributed by atoms with E-state index in [9.17, 15) is 4.79 Å². The molecule has 0 heterocycles. The van der Waals surface area contributed by atoms with E-state index in [2.05, 4.69) is 0 Å². The predicted molar refractivity (Wildman–Crippen MR) is 88.7 cm³/mol. The largest absolute Gasteiger partial charge is 0.493 e. The van der Waals surface area contributed by atoms with E-state index < -0.39 is 5.97 Å². The predicted octanol–water partition coefficient (Wildman–Crippen LogP) is 3.45. The normalized spacial score (nSPS) is 10.3. The average Bonchev–Trinajstić information content (AvgIpc) is 2.47. The van der Waals surface area contributed by atoms with Gasteiger partial charge in [0.2, 0.25) is 0 Å². The van der Waals surface area contributed by atoms with E-state index in [1.165, 1.54) is 0 Å². The topological polar surface area (TPSA) is 49.8 Å². The lowest BCUT2D eigenvalue weighted by molar-refractivity contribution is -0.136. The van der Waals surface area contributed by atoms with Crippen LogP contribution >= 0.6 is 0 Å². The highest BCUT2D eigenvalue weighted by Gasteiger charge is 2.16. The first-order valence-corrected chi connectivity index (χ1v) is 7.27. The Morgan fingerprint density at radius 1 is 1.09 bits per heavy atom. The van der Waals surface area contributed by atoms with Crippen LogP contribution < -0.4 is 9.64 Å². The fourth-order valence-corrected chi connectivity index (χ4v) is 2.61. The van der Waals surface area contributed by atoms with Crippen molar-refractivity contribution in [1.29, 1.82) is 0 Å². The Hall–Kier alpha value is -2.49. The van der Waals surface area contributed by atoms with E-state index in [0.29, 0.717) is 6.61 Å². The third kappa shape index (κ3) is 3.39. The second-order valence-electron chi connectivity index (χ2n) is 5.21. The van der Waals surface area contributed by atoms with E-state index in [1.54, 1.807) is 0 Å². The quantitative estimate of drug-likeness (QED) is 0.887. The number of rotatable bonds is 6. The van der Waals surface area contributed by atoms with Crippen LogP contribution in [0.3, 0.4) is 0 Å². The molecule has 2 aromatic carbocycles. The minimum Gasteiger partial charge on any atom is -0.493 e. The van der Waals surface area contributed by atoms with Gasteiger partial charge in [-0.15, -0.1) is 0 Å². The summed E-state index contributed by atoms with van der Waals surface area (Å²) in [5.74, 6) is -0.0288. The highest BCUT2D eigenvalue weighted by molar-refractivity contribution is 5.86. The zero-order chi connectivity index (χ0) is 16.1. The summed E-state index contributed by atoms with van der Waals surface area (Å²) >= 11 is 0. The van der Waals surface area contributed by atoms with E-state index in [1.807, 2.05) is 68.4 Å². The van der Waals surface area contributed by atoms with Crippen LogP contribution in [0.1, 0.15) is 12.5 Å². The zero-order valence-electron chi connectivity index (χ0n) is 13.2. The summed E-state index contributed by atoms with van der Waals surface area (Å²) < 4.78 is 5.71. The van der Waals surface area contributed by atoms with Crippen LogP contribution in [-0.2, 0) is 11.2 Å². The number of ether oxygens (including phenoxy) is 1. The average molecular weight is 299 g/mol. The number of carboxylic acids is 1. The molecule has 0 fully saturated rings. The van der Waals surface area contributed by atoms with Crippen LogP contribution in [0.25, 0.3) is 11.1 Å². The van der Waals surface area contributed by atoms with Gasteiger partial charge in [0, 0.05) is 30.9 Å². The maximum Gasteiger partial charge on any atom is 0.307 e. The monoisotopic (exact) mass is 299 g/mol. The lowest BCUT2D eigenvalue weighted by atomic mass is 9.97. The minimum absolute atomic E-state index is 0.00183. The molecule has 2 rings (SSSR count). The van der Waals surface area contributed by atoms with Crippen molar-refractivity contribution in [2.75, 3.05) is 25.6 Å². The van der Waals surface area contributed by atoms with Gasteiger partial charge in [-0.25, -0.2) is 0 Å². The standard InChI is InChI=1S/C18H21NO3/c1-4-22-16-11-6-5-9-14(16)15-10-7-8-13(12-17(20)21)18(15)19(2)3/h5-11H,4,12H2,1-3H3,(H,20,21). The third-order valence-electron chi connectivity index (χ3n) is 3.39. The van der Waals surface area contributed by atoms with Gasteiger partial charge in [0.05, 0.1) is 13.0 Å². The van der Waals surface area contributed by atoms with Gasteiger partial charge in [-0.05, 0) is 18.6 Å². The highest BCUT2D eigenvalue weighted by atomic mass is 16.5. The molecule has 2 aromatic rings. The van der Waals surface area contributed by atoms with Gasteiger partial charge in [0.15, 0.2) is 0 Å². The second-order valence-corrected chi connectivity index (χ2v) is 5.21.